The lowest BCUT2D eigenvalue weighted by atomic mass is 9.81. The second-order valence-electron chi connectivity index (χ2n) is 5.57. The summed E-state index contributed by atoms with van der Waals surface area (Å²) in [6.07, 6.45) is 5.53. The zero-order valence-corrected chi connectivity index (χ0v) is 11.6. The minimum atomic E-state index is -0.345. The Bertz CT molecular complexity index is 240. The molecule has 3 heteroatoms. The highest BCUT2D eigenvalue weighted by Crippen LogP contribution is 2.31. The Morgan fingerprint density at radius 1 is 1.35 bits per heavy atom. The average Bonchev–Trinajstić information content (AvgIpc) is 2.75. The fourth-order valence-corrected chi connectivity index (χ4v) is 2.89. The molecule has 1 amide bonds. The second-order valence-corrected chi connectivity index (χ2v) is 5.57. The van der Waals surface area contributed by atoms with E-state index in [0.717, 1.165) is 25.3 Å². The van der Waals surface area contributed by atoms with Crippen molar-refractivity contribution in [3.8, 4) is 0 Å². The van der Waals surface area contributed by atoms with Crippen molar-refractivity contribution < 1.29 is 4.79 Å². The SMILES string of the molecule is CCC(CC)(CN)C(=O)NCC1CCCC1C. The Kier molecular flexibility index (Phi) is 5.44. The van der Waals surface area contributed by atoms with Gasteiger partial charge in [-0.3, -0.25) is 4.79 Å². The molecule has 3 N–H and O–H groups in total. The first-order valence-electron chi connectivity index (χ1n) is 7.08. The lowest BCUT2D eigenvalue weighted by Gasteiger charge is -2.29. The Labute approximate surface area is 106 Å². The van der Waals surface area contributed by atoms with Crippen LogP contribution in [0.15, 0.2) is 0 Å². The van der Waals surface area contributed by atoms with E-state index < -0.39 is 0 Å². The van der Waals surface area contributed by atoms with Gasteiger partial charge in [0.2, 0.25) is 5.91 Å². The minimum Gasteiger partial charge on any atom is -0.355 e. The molecular formula is C14H28N2O. The largest absolute Gasteiger partial charge is 0.355 e. The predicted octanol–water partition coefficient (Wildman–Crippen LogP) is 2.30. The first kappa shape index (κ1) is 14.5. The Balaban J connectivity index is 2.47. The number of nitrogens with two attached hydrogens (primary N) is 1. The summed E-state index contributed by atoms with van der Waals surface area (Å²) in [4.78, 5) is 12.2. The summed E-state index contributed by atoms with van der Waals surface area (Å²) in [6, 6.07) is 0. The number of hydrogen-bond donors (Lipinski definition) is 2. The van der Waals surface area contributed by atoms with Crippen molar-refractivity contribution in [2.75, 3.05) is 13.1 Å². The number of amides is 1. The molecule has 1 saturated carbocycles. The third-order valence-electron chi connectivity index (χ3n) is 4.79. The smallest absolute Gasteiger partial charge is 0.227 e. The molecule has 0 aromatic rings. The fraction of sp³-hybridized carbons (Fsp3) is 0.929. The van der Waals surface area contributed by atoms with Gasteiger partial charge in [-0.2, -0.15) is 0 Å². The van der Waals surface area contributed by atoms with Crippen molar-refractivity contribution in [1.82, 2.24) is 5.32 Å². The quantitative estimate of drug-likeness (QED) is 0.748. The Morgan fingerprint density at radius 3 is 2.41 bits per heavy atom. The highest BCUT2D eigenvalue weighted by molar-refractivity contribution is 5.82. The van der Waals surface area contributed by atoms with Crippen LogP contribution in [0.5, 0.6) is 0 Å². The van der Waals surface area contributed by atoms with E-state index in [4.69, 9.17) is 5.73 Å². The first-order valence-corrected chi connectivity index (χ1v) is 7.08. The third-order valence-corrected chi connectivity index (χ3v) is 4.79. The zero-order valence-electron chi connectivity index (χ0n) is 11.6. The molecule has 1 aliphatic rings. The van der Waals surface area contributed by atoms with Gasteiger partial charge in [-0.05, 0) is 31.1 Å². The van der Waals surface area contributed by atoms with Gasteiger partial charge < -0.3 is 11.1 Å². The van der Waals surface area contributed by atoms with Gasteiger partial charge in [0.05, 0.1) is 5.41 Å². The maximum absolute atomic E-state index is 12.2. The minimum absolute atomic E-state index is 0.157. The van der Waals surface area contributed by atoms with Gasteiger partial charge in [0.25, 0.3) is 0 Å². The van der Waals surface area contributed by atoms with Crippen molar-refractivity contribution in [3.05, 3.63) is 0 Å². The molecule has 0 saturated heterocycles. The summed E-state index contributed by atoms with van der Waals surface area (Å²) in [7, 11) is 0. The highest BCUT2D eigenvalue weighted by Gasteiger charge is 2.34. The van der Waals surface area contributed by atoms with E-state index in [1.807, 2.05) is 13.8 Å². The molecule has 0 aliphatic heterocycles. The molecule has 17 heavy (non-hydrogen) atoms. The number of carbonyl (C=O) groups is 1. The Morgan fingerprint density at radius 2 is 2.00 bits per heavy atom. The van der Waals surface area contributed by atoms with E-state index in [-0.39, 0.29) is 11.3 Å². The standard InChI is InChI=1S/C14H28N2O/c1-4-14(5-2,10-15)13(17)16-9-12-8-6-7-11(12)3/h11-12H,4-10,15H2,1-3H3,(H,16,17). The molecule has 0 aromatic carbocycles. The van der Waals surface area contributed by atoms with Gasteiger partial charge >= 0.3 is 0 Å². The van der Waals surface area contributed by atoms with Crippen LogP contribution in [0.4, 0.5) is 0 Å². The van der Waals surface area contributed by atoms with Gasteiger partial charge in [0.15, 0.2) is 0 Å². The van der Waals surface area contributed by atoms with E-state index >= 15 is 0 Å². The summed E-state index contributed by atoms with van der Waals surface area (Å²) in [5.74, 6) is 1.58. The summed E-state index contributed by atoms with van der Waals surface area (Å²) < 4.78 is 0. The van der Waals surface area contributed by atoms with Crippen LogP contribution in [-0.2, 0) is 4.79 Å². The summed E-state index contributed by atoms with van der Waals surface area (Å²) in [6.45, 7) is 7.68. The molecule has 0 aromatic heterocycles. The monoisotopic (exact) mass is 240 g/mol. The van der Waals surface area contributed by atoms with E-state index in [2.05, 4.69) is 12.2 Å². The summed E-state index contributed by atoms with van der Waals surface area (Å²) >= 11 is 0. The number of nitrogens with one attached hydrogen (secondary N) is 1. The van der Waals surface area contributed by atoms with Crippen molar-refractivity contribution >= 4 is 5.91 Å². The Hall–Kier alpha value is -0.570. The maximum atomic E-state index is 12.2. The molecule has 0 radical (unpaired) electrons. The summed E-state index contributed by atoms with van der Waals surface area (Å²) in [5.41, 5.74) is 5.43. The third kappa shape index (κ3) is 3.21. The number of hydrogen-bond acceptors (Lipinski definition) is 2. The van der Waals surface area contributed by atoms with Crippen LogP contribution in [0.3, 0.4) is 0 Å². The molecule has 1 aliphatic carbocycles. The first-order chi connectivity index (χ1) is 8.09. The lowest BCUT2D eigenvalue weighted by molar-refractivity contribution is -0.131. The van der Waals surface area contributed by atoms with Crippen LogP contribution in [0.1, 0.15) is 52.9 Å². The number of rotatable bonds is 6. The lowest BCUT2D eigenvalue weighted by Crippen LogP contribution is -2.46. The molecule has 0 spiro atoms. The van der Waals surface area contributed by atoms with Crippen molar-refractivity contribution in [2.45, 2.75) is 52.9 Å². The molecule has 3 nitrogen and oxygen atoms in total. The fourth-order valence-electron chi connectivity index (χ4n) is 2.89. The van der Waals surface area contributed by atoms with Crippen LogP contribution < -0.4 is 11.1 Å². The number of carbonyl (C=O) groups excluding carboxylic acids is 1. The van der Waals surface area contributed by atoms with Crippen LogP contribution in [0, 0.1) is 17.3 Å². The van der Waals surface area contributed by atoms with E-state index in [1.54, 1.807) is 0 Å². The van der Waals surface area contributed by atoms with Gasteiger partial charge in [-0.15, -0.1) is 0 Å². The van der Waals surface area contributed by atoms with E-state index in [9.17, 15) is 4.79 Å². The average molecular weight is 240 g/mol. The van der Waals surface area contributed by atoms with E-state index in [1.165, 1.54) is 19.3 Å². The maximum Gasteiger partial charge on any atom is 0.227 e. The molecule has 1 fully saturated rings. The van der Waals surface area contributed by atoms with Crippen molar-refractivity contribution in [2.24, 2.45) is 23.0 Å². The molecule has 1 rings (SSSR count). The molecule has 2 atom stereocenters. The second kappa shape index (κ2) is 6.39. The molecule has 0 heterocycles. The van der Waals surface area contributed by atoms with Crippen molar-refractivity contribution in [3.63, 3.8) is 0 Å². The highest BCUT2D eigenvalue weighted by atomic mass is 16.2. The van der Waals surface area contributed by atoms with Gasteiger partial charge in [-0.1, -0.05) is 33.6 Å². The van der Waals surface area contributed by atoms with E-state index in [0.29, 0.717) is 12.5 Å². The van der Waals surface area contributed by atoms with Gasteiger partial charge in [0, 0.05) is 13.1 Å². The van der Waals surface area contributed by atoms with Crippen LogP contribution >= 0.6 is 0 Å². The normalized spacial score (nSPS) is 24.9. The molecule has 2 unspecified atom stereocenters. The summed E-state index contributed by atoms with van der Waals surface area (Å²) in [5, 5.41) is 3.13. The topological polar surface area (TPSA) is 55.1 Å². The van der Waals surface area contributed by atoms with Crippen LogP contribution in [0.25, 0.3) is 0 Å². The van der Waals surface area contributed by atoms with Gasteiger partial charge in [-0.25, -0.2) is 0 Å². The van der Waals surface area contributed by atoms with Crippen LogP contribution in [-0.4, -0.2) is 19.0 Å². The molecule has 0 bridgehead atoms. The van der Waals surface area contributed by atoms with Gasteiger partial charge in [0.1, 0.15) is 0 Å². The predicted molar refractivity (Wildman–Crippen MR) is 71.6 cm³/mol. The van der Waals surface area contributed by atoms with Crippen molar-refractivity contribution in [1.29, 1.82) is 0 Å². The molecule has 100 valence electrons. The zero-order chi connectivity index (χ0) is 12.9. The molecular weight excluding hydrogens is 212 g/mol. The van der Waals surface area contributed by atoms with Crippen LogP contribution in [0.2, 0.25) is 0 Å².